The summed E-state index contributed by atoms with van der Waals surface area (Å²) in [5, 5.41) is 0. The maximum atomic E-state index is 13.7. The van der Waals surface area contributed by atoms with Crippen molar-refractivity contribution in [2.45, 2.75) is 49.7 Å². The second-order valence-electron chi connectivity index (χ2n) is 10.1. The Hall–Kier alpha value is -3.36. The van der Waals surface area contributed by atoms with Gasteiger partial charge in [-0.25, -0.2) is 29.1 Å². The van der Waals surface area contributed by atoms with E-state index in [2.05, 4.69) is 29.9 Å². The zero-order chi connectivity index (χ0) is 30.8. The fourth-order valence-corrected chi connectivity index (χ4v) is 7.42. The molecule has 236 valence electrons. The lowest BCUT2D eigenvalue weighted by Crippen LogP contribution is -2.29. The van der Waals surface area contributed by atoms with E-state index >= 15 is 0 Å². The van der Waals surface area contributed by atoms with Gasteiger partial charge in [0.2, 0.25) is 5.95 Å². The van der Waals surface area contributed by atoms with Crippen LogP contribution in [0.4, 0.5) is 11.8 Å². The van der Waals surface area contributed by atoms with E-state index < -0.39 is 71.3 Å². The highest BCUT2D eigenvalue weighted by Gasteiger charge is 2.48. The number of nitrogens with two attached hydrogens (primary N) is 2. The summed E-state index contributed by atoms with van der Waals surface area (Å²) in [5.74, 6) is -0.0137. The van der Waals surface area contributed by atoms with Crippen LogP contribution in [0, 0.1) is 0 Å². The summed E-state index contributed by atoms with van der Waals surface area (Å²) in [5.41, 5.74) is 11.8. The Labute approximate surface area is 246 Å². The molecule has 0 aromatic carbocycles. The lowest BCUT2D eigenvalue weighted by molar-refractivity contribution is -0.0679. The summed E-state index contributed by atoms with van der Waals surface area (Å²) in [6.07, 6.45) is -1.94. The van der Waals surface area contributed by atoms with Crippen molar-refractivity contribution in [2.75, 3.05) is 31.8 Å². The van der Waals surface area contributed by atoms with Gasteiger partial charge >= 0.3 is 15.6 Å². The summed E-state index contributed by atoms with van der Waals surface area (Å²) in [6.45, 7) is -0.867. The van der Waals surface area contributed by atoms with Crippen LogP contribution in [-0.2, 0) is 41.2 Å². The van der Waals surface area contributed by atoms with E-state index in [0.29, 0.717) is 11.2 Å². The number of hydrogen-bond acceptors (Lipinski definition) is 17. The topological polar surface area (TPSA) is 278 Å². The Morgan fingerprint density at radius 3 is 2.57 bits per heavy atom. The van der Waals surface area contributed by atoms with Gasteiger partial charge in [-0.05, 0) is 0 Å². The van der Waals surface area contributed by atoms with Gasteiger partial charge in [-0.1, -0.05) is 0 Å². The van der Waals surface area contributed by atoms with Crippen LogP contribution in [0.1, 0.15) is 25.3 Å². The van der Waals surface area contributed by atoms with Gasteiger partial charge in [-0.2, -0.15) is 4.98 Å². The van der Waals surface area contributed by atoms with E-state index in [1.54, 1.807) is 4.57 Å². The number of rotatable bonds is 3. The molecular formula is C21H26N10O11P2. The molecule has 7 rings (SSSR count). The number of hydrogen-bond donors (Lipinski definition) is 4. The lowest BCUT2D eigenvalue weighted by atomic mass is 10.2. The van der Waals surface area contributed by atoms with Crippen molar-refractivity contribution in [3.05, 3.63) is 29.3 Å². The fraction of sp³-hybridized carbons (Fsp3) is 0.524. The van der Waals surface area contributed by atoms with Gasteiger partial charge in [-0.15, -0.1) is 0 Å². The minimum atomic E-state index is -4.71. The first-order chi connectivity index (χ1) is 21.0. The Bertz CT molecular complexity index is 1880. The molecule has 0 amide bonds. The fourth-order valence-electron chi connectivity index (χ4n) is 5.34. The predicted octanol–water partition coefficient (Wildman–Crippen LogP) is 0.371. The van der Waals surface area contributed by atoms with Crippen molar-refractivity contribution in [2.24, 2.45) is 0 Å². The second-order valence-corrected chi connectivity index (χ2v) is 13.2. The first-order valence-electron chi connectivity index (χ1n) is 13.1. The van der Waals surface area contributed by atoms with Crippen molar-refractivity contribution >= 4 is 49.7 Å². The number of phosphoric ester groups is 2. The van der Waals surface area contributed by atoms with Crippen LogP contribution in [-0.4, -0.2) is 88.7 Å². The number of nitrogens with one attached hydrogen (secondary N) is 1. The van der Waals surface area contributed by atoms with Crippen LogP contribution in [0.25, 0.3) is 22.3 Å². The normalized spacial score (nSPS) is 34.9. The van der Waals surface area contributed by atoms with E-state index in [-0.39, 0.29) is 35.8 Å². The molecule has 6 N–H and O–H groups in total. The highest BCUT2D eigenvalue weighted by Crippen LogP contribution is 2.55. The quantitative estimate of drug-likeness (QED) is 0.217. The van der Waals surface area contributed by atoms with E-state index in [1.807, 2.05) is 0 Å². The number of imidazole rings is 2. The van der Waals surface area contributed by atoms with Crippen molar-refractivity contribution < 1.29 is 46.1 Å². The lowest BCUT2D eigenvalue weighted by Gasteiger charge is -2.26. The number of anilines is 2. The third kappa shape index (κ3) is 5.30. The minimum Gasteiger partial charge on any atom is -0.382 e. The average Bonchev–Trinajstić information content (AvgIpc) is 3.76. The van der Waals surface area contributed by atoms with Gasteiger partial charge in [0, 0.05) is 20.0 Å². The van der Waals surface area contributed by atoms with E-state index in [9.17, 15) is 18.8 Å². The molecule has 8 atom stereocenters. The number of nitrogens with zero attached hydrogens (tertiary/aromatic N) is 7. The minimum absolute atomic E-state index is 0.00382. The van der Waals surface area contributed by atoms with E-state index in [0.717, 1.165) is 7.11 Å². The molecule has 4 aromatic heterocycles. The third-order valence-corrected chi connectivity index (χ3v) is 9.78. The second kappa shape index (κ2) is 10.9. The first kappa shape index (κ1) is 29.4. The predicted molar refractivity (Wildman–Crippen MR) is 145 cm³/mol. The summed E-state index contributed by atoms with van der Waals surface area (Å²) >= 11 is 0. The molecule has 3 aliphatic rings. The number of nitrogen functional groups attached to an aromatic ring is 2. The van der Waals surface area contributed by atoms with Crippen molar-refractivity contribution in [1.29, 1.82) is 0 Å². The van der Waals surface area contributed by atoms with Crippen molar-refractivity contribution in [3.8, 4) is 0 Å². The van der Waals surface area contributed by atoms with Crippen LogP contribution in [0.5, 0.6) is 0 Å². The summed E-state index contributed by atoms with van der Waals surface area (Å²) < 4.78 is 69.4. The zero-order valence-electron chi connectivity index (χ0n) is 22.7. The number of phosphoric acid groups is 2. The molecule has 7 heterocycles. The molecule has 21 nitrogen and oxygen atoms in total. The molecule has 4 aromatic rings. The van der Waals surface area contributed by atoms with Gasteiger partial charge in [0.05, 0.1) is 32.0 Å². The van der Waals surface area contributed by atoms with Crippen LogP contribution < -0.4 is 17.0 Å². The van der Waals surface area contributed by atoms with Crippen LogP contribution >= 0.6 is 15.6 Å². The van der Waals surface area contributed by atoms with Crippen molar-refractivity contribution in [3.63, 3.8) is 0 Å². The van der Waals surface area contributed by atoms with Crippen molar-refractivity contribution in [1.82, 2.24) is 39.0 Å². The number of ether oxygens (including phenoxy) is 2. The Morgan fingerprint density at radius 1 is 0.955 bits per heavy atom. The van der Waals surface area contributed by atoms with Crippen LogP contribution in [0.3, 0.4) is 0 Å². The highest BCUT2D eigenvalue weighted by atomic mass is 31.2. The molecule has 23 heteroatoms. The molecule has 6 unspecified atom stereocenters. The largest absolute Gasteiger partial charge is 0.475 e. The molecule has 0 saturated carbocycles. The molecule has 3 fully saturated rings. The van der Waals surface area contributed by atoms with E-state index in [4.69, 9.17) is 43.6 Å². The highest BCUT2D eigenvalue weighted by molar-refractivity contribution is 7.48. The number of aromatic amines is 1. The van der Waals surface area contributed by atoms with Gasteiger partial charge in [0.15, 0.2) is 28.9 Å². The van der Waals surface area contributed by atoms with Gasteiger partial charge < -0.3 is 25.8 Å². The SMILES string of the molecule is COP1(=O)OCC2OC(n3cnc4c(N)ncnc43)C[C@@H]2OP(=O)(O)OCC2C[C@@H](O1)C(n1cnc3c(=O)[nH]c(N)nc31)O2. The molecule has 0 radical (unpaired) electrons. The van der Waals surface area contributed by atoms with Crippen LogP contribution in [0.2, 0.25) is 0 Å². The Morgan fingerprint density at radius 2 is 1.75 bits per heavy atom. The summed E-state index contributed by atoms with van der Waals surface area (Å²) in [6, 6.07) is 0. The van der Waals surface area contributed by atoms with Gasteiger partial charge in [-0.3, -0.25) is 41.5 Å². The number of fused-ring (bicyclic) bond motifs is 5. The Kier molecular flexibility index (Phi) is 7.28. The standard InChI is InChI=1S/C21H26N10O11P2/c1-36-44(35)38-5-12-10(3-13(40-12)30-7-26-14-16(22)24-6-25-17(14)30)41-43(33,34)37-4-9-2-11(42-44)20(39-9)31-8-27-15-18(31)28-21(23)29-19(15)32/h6-13,20H,2-5H2,1H3,(H,33,34)(H2,22,24,25)(H3,23,28,29,32)/t9?,10-,11+,12?,13?,20?,44?/m0/s1. The Balaban J connectivity index is 1.19. The molecule has 0 aliphatic carbocycles. The molecule has 44 heavy (non-hydrogen) atoms. The average molecular weight is 656 g/mol. The molecule has 3 saturated heterocycles. The molecule has 0 spiro atoms. The monoisotopic (exact) mass is 656 g/mol. The first-order valence-corrected chi connectivity index (χ1v) is 16.1. The zero-order valence-corrected chi connectivity index (χ0v) is 24.5. The summed E-state index contributed by atoms with van der Waals surface area (Å²) in [4.78, 5) is 45.9. The summed E-state index contributed by atoms with van der Waals surface area (Å²) in [7, 11) is -7.89. The molecular weight excluding hydrogens is 630 g/mol. The molecule has 3 aliphatic heterocycles. The maximum Gasteiger partial charge on any atom is 0.475 e. The number of aromatic nitrogens is 8. The number of H-pyrrole nitrogens is 1. The maximum absolute atomic E-state index is 13.7. The van der Waals surface area contributed by atoms with Crippen LogP contribution in [0.15, 0.2) is 23.8 Å². The van der Waals surface area contributed by atoms with Gasteiger partial charge in [0.1, 0.15) is 36.4 Å². The molecule has 2 bridgehead atoms. The smallest absolute Gasteiger partial charge is 0.382 e. The third-order valence-electron chi connectivity index (χ3n) is 7.32. The van der Waals surface area contributed by atoms with E-state index in [1.165, 1.54) is 23.5 Å². The van der Waals surface area contributed by atoms with Gasteiger partial charge in [0.25, 0.3) is 5.56 Å².